The molecule has 0 heterocycles. The van der Waals surface area contributed by atoms with Crippen LogP contribution in [0.1, 0.15) is 42.6 Å². The number of aryl methyl sites for hydroxylation is 1. The van der Waals surface area contributed by atoms with Gasteiger partial charge in [-0.1, -0.05) is 34.1 Å². The zero-order valence-electron chi connectivity index (χ0n) is 15.7. The highest BCUT2D eigenvalue weighted by Gasteiger charge is 2.17. The first-order valence-corrected chi connectivity index (χ1v) is 9.20. The van der Waals surface area contributed by atoms with Crippen LogP contribution in [0.5, 0.6) is 11.5 Å². The van der Waals surface area contributed by atoms with Crippen molar-refractivity contribution in [2.45, 2.75) is 32.9 Å². The molecule has 2 N–H and O–H groups in total. The van der Waals surface area contributed by atoms with Crippen molar-refractivity contribution in [1.29, 1.82) is 0 Å². The van der Waals surface area contributed by atoms with Crippen LogP contribution < -0.4 is 20.1 Å². The van der Waals surface area contributed by atoms with Gasteiger partial charge in [0.05, 0.1) is 26.3 Å². The molecule has 0 saturated heterocycles. The van der Waals surface area contributed by atoms with E-state index in [0.717, 1.165) is 21.2 Å². The van der Waals surface area contributed by atoms with Crippen LogP contribution in [0.3, 0.4) is 0 Å². The smallest absolute Gasteiger partial charge is 0.315 e. The van der Waals surface area contributed by atoms with Gasteiger partial charge >= 0.3 is 6.03 Å². The Morgan fingerprint density at radius 1 is 0.962 bits per heavy atom. The van der Waals surface area contributed by atoms with Gasteiger partial charge in [0.25, 0.3) is 0 Å². The second-order valence-electron chi connectivity index (χ2n) is 6.15. The summed E-state index contributed by atoms with van der Waals surface area (Å²) >= 11 is 3.52. The Labute approximate surface area is 163 Å². The maximum Gasteiger partial charge on any atom is 0.315 e. The highest BCUT2D eigenvalue weighted by atomic mass is 79.9. The number of nitrogens with one attached hydrogen (secondary N) is 2. The minimum atomic E-state index is -0.227. The zero-order valence-corrected chi connectivity index (χ0v) is 17.3. The van der Waals surface area contributed by atoms with Crippen molar-refractivity contribution < 1.29 is 14.3 Å². The number of benzene rings is 2. The maximum atomic E-state index is 12.4. The van der Waals surface area contributed by atoms with Gasteiger partial charge in [-0.2, -0.15) is 0 Å². The third-order valence-corrected chi connectivity index (χ3v) is 5.03. The van der Waals surface area contributed by atoms with E-state index in [1.54, 1.807) is 14.2 Å². The number of carbonyl (C=O) groups excluding carboxylic acids is 1. The van der Waals surface area contributed by atoms with Gasteiger partial charge in [0.2, 0.25) is 0 Å². The number of urea groups is 1. The highest BCUT2D eigenvalue weighted by Crippen LogP contribution is 2.32. The maximum absolute atomic E-state index is 12.4. The molecular weight excluding hydrogens is 396 g/mol. The van der Waals surface area contributed by atoms with E-state index in [4.69, 9.17) is 9.47 Å². The number of methoxy groups -OCH3 is 2. The number of rotatable bonds is 6. The van der Waals surface area contributed by atoms with Crippen molar-refractivity contribution in [3.63, 3.8) is 0 Å². The van der Waals surface area contributed by atoms with Crippen LogP contribution in [0.4, 0.5) is 4.79 Å². The molecule has 0 fully saturated rings. The average molecular weight is 421 g/mol. The van der Waals surface area contributed by atoms with Crippen LogP contribution in [0.2, 0.25) is 0 Å². The molecule has 2 atom stereocenters. The first-order chi connectivity index (χ1) is 12.4. The average Bonchev–Trinajstić information content (AvgIpc) is 2.61. The third-order valence-electron chi connectivity index (χ3n) is 4.31. The van der Waals surface area contributed by atoms with E-state index >= 15 is 0 Å². The van der Waals surface area contributed by atoms with E-state index in [2.05, 4.69) is 26.6 Å². The number of ether oxygens (including phenoxy) is 2. The second kappa shape index (κ2) is 8.94. The van der Waals surface area contributed by atoms with E-state index in [9.17, 15) is 4.79 Å². The number of hydrogen-bond acceptors (Lipinski definition) is 3. The lowest BCUT2D eigenvalue weighted by Gasteiger charge is -2.21. The van der Waals surface area contributed by atoms with E-state index in [-0.39, 0.29) is 18.1 Å². The number of amides is 2. The molecule has 6 heteroatoms. The Morgan fingerprint density at radius 2 is 1.50 bits per heavy atom. The van der Waals surface area contributed by atoms with Crippen molar-refractivity contribution in [3.05, 3.63) is 57.6 Å². The van der Waals surface area contributed by atoms with Crippen molar-refractivity contribution in [3.8, 4) is 11.5 Å². The Bertz CT molecular complexity index is 780. The quantitative estimate of drug-likeness (QED) is 0.698. The third kappa shape index (κ3) is 4.69. The molecule has 2 aromatic rings. The van der Waals surface area contributed by atoms with Gasteiger partial charge in [0.1, 0.15) is 0 Å². The number of carbonyl (C=O) groups is 1. The fourth-order valence-electron chi connectivity index (χ4n) is 2.88. The molecule has 0 aliphatic heterocycles. The summed E-state index contributed by atoms with van der Waals surface area (Å²) in [5.74, 6) is 1.32. The minimum absolute atomic E-state index is 0.121. The summed E-state index contributed by atoms with van der Waals surface area (Å²) in [5, 5.41) is 5.96. The molecule has 2 aromatic carbocycles. The van der Waals surface area contributed by atoms with Crippen molar-refractivity contribution in [2.75, 3.05) is 14.2 Å². The molecule has 2 rings (SSSR count). The summed E-state index contributed by atoms with van der Waals surface area (Å²) in [5.41, 5.74) is 3.03. The lowest BCUT2D eigenvalue weighted by atomic mass is 10.0. The van der Waals surface area contributed by atoms with Gasteiger partial charge in [0.15, 0.2) is 11.5 Å². The number of hydrogen-bond donors (Lipinski definition) is 2. The summed E-state index contributed by atoms with van der Waals surface area (Å²) < 4.78 is 11.6. The minimum Gasteiger partial charge on any atom is -0.493 e. The highest BCUT2D eigenvalue weighted by molar-refractivity contribution is 9.10. The van der Waals surface area contributed by atoms with Crippen LogP contribution in [-0.4, -0.2) is 20.3 Å². The van der Waals surface area contributed by atoms with Gasteiger partial charge in [-0.05, 0) is 55.7 Å². The molecule has 0 bridgehead atoms. The van der Waals surface area contributed by atoms with E-state index < -0.39 is 0 Å². The molecule has 2 amide bonds. The standard InChI is InChI=1S/C20H25BrN2O3/c1-12-10-18(25-4)19(26-5)11-16(12)14(3)23-20(24)22-13(2)15-8-6-7-9-17(15)21/h6-11,13-14H,1-5H3,(H2,22,23,24). The molecule has 140 valence electrons. The lowest BCUT2D eigenvalue weighted by molar-refractivity contribution is 0.235. The first-order valence-electron chi connectivity index (χ1n) is 8.41. The summed E-state index contributed by atoms with van der Waals surface area (Å²) in [7, 11) is 3.20. The van der Waals surface area contributed by atoms with Crippen molar-refractivity contribution in [1.82, 2.24) is 10.6 Å². The number of halogens is 1. The Balaban J connectivity index is 2.08. The molecule has 0 saturated carbocycles. The second-order valence-corrected chi connectivity index (χ2v) is 7.00. The molecule has 0 aromatic heterocycles. The normalized spacial score (nSPS) is 12.8. The van der Waals surface area contributed by atoms with Crippen LogP contribution in [-0.2, 0) is 0 Å². The van der Waals surface area contributed by atoms with Gasteiger partial charge in [-0.25, -0.2) is 4.79 Å². The van der Waals surface area contributed by atoms with E-state index in [1.165, 1.54) is 0 Å². The molecular formula is C20H25BrN2O3. The van der Waals surface area contributed by atoms with Gasteiger partial charge in [-0.3, -0.25) is 0 Å². The predicted octanol–water partition coefficient (Wildman–Crippen LogP) is 4.90. The van der Waals surface area contributed by atoms with Crippen molar-refractivity contribution in [2.24, 2.45) is 0 Å². The first kappa shape index (κ1) is 20.1. The van der Waals surface area contributed by atoms with Crippen molar-refractivity contribution >= 4 is 22.0 Å². The summed E-state index contributed by atoms with van der Waals surface area (Å²) in [6.07, 6.45) is 0. The molecule has 0 aliphatic rings. The zero-order chi connectivity index (χ0) is 19.3. The molecule has 2 unspecified atom stereocenters. The van der Waals surface area contributed by atoms with Crippen LogP contribution in [0.25, 0.3) is 0 Å². The van der Waals surface area contributed by atoms with Gasteiger partial charge in [0, 0.05) is 4.47 Å². The SMILES string of the molecule is COc1cc(C)c(C(C)NC(=O)NC(C)c2ccccc2Br)cc1OC. The Hall–Kier alpha value is -2.21. The Kier molecular flexibility index (Phi) is 6.91. The summed E-state index contributed by atoms with van der Waals surface area (Å²) in [4.78, 5) is 12.4. The molecule has 26 heavy (non-hydrogen) atoms. The van der Waals surface area contributed by atoms with E-state index in [0.29, 0.717) is 11.5 Å². The fourth-order valence-corrected chi connectivity index (χ4v) is 3.51. The van der Waals surface area contributed by atoms with Crippen LogP contribution in [0.15, 0.2) is 40.9 Å². The topological polar surface area (TPSA) is 59.6 Å². The largest absolute Gasteiger partial charge is 0.493 e. The fraction of sp³-hybridized carbons (Fsp3) is 0.350. The summed E-state index contributed by atoms with van der Waals surface area (Å²) in [6, 6.07) is 11.1. The summed E-state index contributed by atoms with van der Waals surface area (Å²) in [6.45, 7) is 5.88. The van der Waals surface area contributed by atoms with Crippen LogP contribution in [0, 0.1) is 6.92 Å². The lowest BCUT2D eigenvalue weighted by Crippen LogP contribution is -2.38. The molecule has 0 aliphatic carbocycles. The molecule has 5 nitrogen and oxygen atoms in total. The molecule has 0 spiro atoms. The monoisotopic (exact) mass is 420 g/mol. The van der Waals surface area contributed by atoms with E-state index in [1.807, 2.05) is 57.2 Å². The van der Waals surface area contributed by atoms with Gasteiger partial charge < -0.3 is 20.1 Å². The molecule has 0 radical (unpaired) electrons. The van der Waals surface area contributed by atoms with Crippen LogP contribution >= 0.6 is 15.9 Å². The Morgan fingerprint density at radius 3 is 2.08 bits per heavy atom. The van der Waals surface area contributed by atoms with Gasteiger partial charge in [-0.15, -0.1) is 0 Å². The predicted molar refractivity (Wildman–Crippen MR) is 107 cm³/mol.